The lowest BCUT2D eigenvalue weighted by Gasteiger charge is -2.17. The number of allylic oxidation sites excluding steroid dienone is 3. The number of carbonyl (C=O) groups is 1. The lowest BCUT2D eigenvalue weighted by molar-refractivity contribution is -0.117. The minimum absolute atomic E-state index is 0.0623. The van der Waals surface area contributed by atoms with E-state index in [1.807, 2.05) is 13.0 Å². The second-order valence-corrected chi connectivity index (χ2v) is 5.30. The normalized spacial score (nSPS) is 17.9. The molecule has 1 atom stereocenters. The van der Waals surface area contributed by atoms with Crippen LogP contribution in [0.1, 0.15) is 47.5 Å². The van der Waals surface area contributed by atoms with Crippen molar-refractivity contribution in [2.45, 2.75) is 47.5 Å². The quantitative estimate of drug-likeness (QED) is 0.753. The van der Waals surface area contributed by atoms with E-state index in [9.17, 15) is 4.79 Å². The first-order valence-electron chi connectivity index (χ1n) is 6.80. The monoisotopic (exact) mass is 247 g/mol. The van der Waals surface area contributed by atoms with E-state index in [1.165, 1.54) is 16.7 Å². The summed E-state index contributed by atoms with van der Waals surface area (Å²) in [4.78, 5) is 11.8. The lowest BCUT2D eigenvalue weighted by atomic mass is 9.92. The van der Waals surface area contributed by atoms with Gasteiger partial charge in [0.05, 0.1) is 0 Å². The molecule has 1 heterocycles. The zero-order valence-corrected chi connectivity index (χ0v) is 12.3. The molecule has 100 valence electrons. The van der Waals surface area contributed by atoms with Gasteiger partial charge in [-0.1, -0.05) is 31.1 Å². The summed E-state index contributed by atoms with van der Waals surface area (Å²) in [5.41, 5.74) is 4.70. The molecule has 0 aliphatic carbocycles. The summed E-state index contributed by atoms with van der Waals surface area (Å²) in [6, 6.07) is 0. The average Bonchev–Trinajstić information content (AvgIpc) is 2.31. The van der Waals surface area contributed by atoms with Crippen LogP contribution >= 0.6 is 0 Å². The lowest BCUT2D eigenvalue weighted by Crippen LogP contribution is -2.30. The van der Waals surface area contributed by atoms with E-state index in [4.69, 9.17) is 0 Å². The van der Waals surface area contributed by atoms with Crippen molar-refractivity contribution in [1.82, 2.24) is 5.32 Å². The molecule has 1 unspecified atom stereocenters. The van der Waals surface area contributed by atoms with E-state index in [2.05, 4.69) is 39.1 Å². The van der Waals surface area contributed by atoms with Crippen molar-refractivity contribution >= 4 is 5.91 Å². The van der Waals surface area contributed by atoms with Crippen molar-refractivity contribution in [3.63, 3.8) is 0 Å². The van der Waals surface area contributed by atoms with E-state index >= 15 is 0 Å². The Hall–Kier alpha value is -1.31. The predicted molar refractivity (Wildman–Crippen MR) is 77.3 cm³/mol. The Morgan fingerprint density at radius 2 is 2.11 bits per heavy atom. The van der Waals surface area contributed by atoms with Crippen LogP contribution in [0.25, 0.3) is 0 Å². The number of hydrogen-bond donors (Lipinski definition) is 1. The molecular weight excluding hydrogens is 222 g/mol. The SMILES string of the molecule is CCC(C)C(/C=C\C1=C(C)CCNC1=O)=C(C)C. The Kier molecular flexibility index (Phi) is 5.39. The van der Waals surface area contributed by atoms with Crippen LogP contribution in [0.4, 0.5) is 0 Å². The summed E-state index contributed by atoms with van der Waals surface area (Å²) < 4.78 is 0. The van der Waals surface area contributed by atoms with Crippen molar-refractivity contribution in [2.75, 3.05) is 6.54 Å². The molecule has 1 N–H and O–H groups in total. The number of nitrogens with one attached hydrogen (secondary N) is 1. The highest BCUT2D eigenvalue weighted by atomic mass is 16.1. The summed E-state index contributed by atoms with van der Waals surface area (Å²) >= 11 is 0. The van der Waals surface area contributed by atoms with Gasteiger partial charge in [-0.05, 0) is 51.2 Å². The maximum atomic E-state index is 11.8. The highest BCUT2D eigenvalue weighted by molar-refractivity contribution is 5.97. The first-order valence-corrected chi connectivity index (χ1v) is 6.80. The zero-order chi connectivity index (χ0) is 13.7. The number of carbonyl (C=O) groups excluding carboxylic acids is 1. The minimum atomic E-state index is 0.0623. The number of rotatable bonds is 4. The van der Waals surface area contributed by atoms with Crippen molar-refractivity contribution in [1.29, 1.82) is 0 Å². The third kappa shape index (κ3) is 3.59. The Bertz CT molecular complexity index is 409. The molecule has 0 aromatic heterocycles. The summed E-state index contributed by atoms with van der Waals surface area (Å²) in [6.45, 7) is 11.5. The molecule has 0 saturated carbocycles. The molecule has 0 bridgehead atoms. The van der Waals surface area contributed by atoms with E-state index in [-0.39, 0.29) is 5.91 Å². The van der Waals surface area contributed by atoms with Crippen LogP contribution in [-0.4, -0.2) is 12.5 Å². The van der Waals surface area contributed by atoms with Crippen LogP contribution in [-0.2, 0) is 4.79 Å². The number of amides is 1. The molecule has 0 radical (unpaired) electrons. The maximum Gasteiger partial charge on any atom is 0.251 e. The van der Waals surface area contributed by atoms with Gasteiger partial charge in [0.25, 0.3) is 5.91 Å². The predicted octanol–water partition coefficient (Wildman–Crippen LogP) is 3.76. The molecule has 1 aliphatic heterocycles. The van der Waals surface area contributed by atoms with Crippen molar-refractivity contribution in [3.8, 4) is 0 Å². The van der Waals surface area contributed by atoms with Gasteiger partial charge in [0.2, 0.25) is 0 Å². The molecule has 1 amide bonds. The van der Waals surface area contributed by atoms with Crippen LogP contribution in [0.5, 0.6) is 0 Å². The smallest absolute Gasteiger partial charge is 0.251 e. The molecule has 18 heavy (non-hydrogen) atoms. The highest BCUT2D eigenvalue weighted by Crippen LogP contribution is 2.22. The summed E-state index contributed by atoms with van der Waals surface area (Å²) in [6.07, 6.45) is 6.18. The van der Waals surface area contributed by atoms with Gasteiger partial charge < -0.3 is 5.32 Å². The third-order valence-electron chi connectivity index (χ3n) is 3.64. The van der Waals surface area contributed by atoms with Crippen molar-refractivity contribution in [3.05, 3.63) is 34.4 Å². The third-order valence-corrected chi connectivity index (χ3v) is 3.64. The van der Waals surface area contributed by atoms with Gasteiger partial charge in [0.1, 0.15) is 0 Å². The average molecular weight is 247 g/mol. The molecule has 2 heteroatoms. The molecule has 0 saturated heterocycles. The summed E-state index contributed by atoms with van der Waals surface area (Å²) in [5.74, 6) is 0.603. The molecule has 0 aromatic rings. The van der Waals surface area contributed by atoms with Crippen LogP contribution in [0.3, 0.4) is 0 Å². The van der Waals surface area contributed by atoms with E-state index in [0.29, 0.717) is 5.92 Å². The molecule has 0 spiro atoms. The highest BCUT2D eigenvalue weighted by Gasteiger charge is 2.15. The van der Waals surface area contributed by atoms with Gasteiger partial charge in [0.15, 0.2) is 0 Å². The Morgan fingerprint density at radius 1 is 1.44 bits per heavy atom. The van der Waals surface area contributed by atoms with Gasteiger partial charge in [-0.25, -0.2) is 0 Å². The van der Waals surface area contributed by atoms with Crippen LogP contribution < -0.4 is 5.32 Å². The molecule has 0 fully saturated rings. The van der Waals surface area contributed by atoms with E-state index in [1.54, 1.807) is 0 Å². The standard InChI is InChI=1S/C16H25NO/c1-6-12(4)14(11(2)3)7-8-15-13(5)9-10-17-16(15)18/h7-8,12H,6,9-10H2,1-5H3,(H,17,18)/b8-7-. The Balaban J connectivity index is 2.98. The summed E-state index contributed by atoms with van der Waals surface area (Å²) in [7, 11) is 0. The summed E-state index contributed by atoms with van der Waals surface area (Å²) in [5, 5.41) is 2.89. The molecule has 1 rings (SSSR count). The van der Waals surface area contributed by atoms with Crippen molar-refractivity contribution in [2.24, 2.45) is 5.92 Å². The molecular formula is C16H25NO. The van der Waals surface area contributed by atoms with E-state index in [0.717, 1.165) is 25.0 Å². The van der Waals surface area contributed by atoms with Gasteiger partial charge in [-0.15, -0.1) is 0 Å². The Labute approximate surface area is 111 Å². The molecule has 0 aromatic carbocycles. The van der Waals surface area contributed by atoms with E-state index < -0.39 is 0 Å². The topological polar surface area (TPSA) is 29.1 Å². The minimum Gasteiger partial charge on any atom is -0.352 e. The second kappa shape index (κ2) is 6.58. The van der Waals surface area contributed by atoms with Gasteiger partial charge in [-0.2, -0.15) is 0 Å². The number of hydrogen-bond acceptors (Lipinski definition) is 1. The molecule has 2 nitrogen and oxygen atoms in total. The van der Waals surface area contributed by atoms with Gasteiger partial charge in [-0.3, -0.25) is 4.79 Å². The largest absolute Gasteiger partial charge is 0.352 e. The van der Waals surface area contributed by atoms with Crippen LogP contribution in [0, 0.1) is 5.92 Å². The molecule has 1 aliphatic rings. The van der Waals surface area contributed by atoms with Gasteiger partial charge in [0, 0.05) is 12.1 Å². The first kappa shape index (κ1) is 14.7. The fourth-order valence-electron chi connectivity index (χ4n) is 2.22. The fraction of sp³-hybridized carbons (Fsp3) is 0.562. The fourth-order valence-corrected chi connectivity index (χ4v) is 2.22. The van der Waals surface area contributed by atoms with Crippen LogP contribution in [0.2, 0.25) is 0 Å². The maximum absolute atomic E-state index is 11.8. The second-order valence-electron chi connectivity index (χ2n) is 5.30. The van der Waals surface area contributed by atoms with Crippen LogP contribution in [0.15, 0.2) is 34.4 Å². The first-order chi connectivity index (χ1) is 8.47. The van der Waals surface area contributed by atoms with Gasteiger partial charge >= 0.3 is 0 Å². The van der Waals surface area contributed by atoms with Crippen molar-refractivity contribution < 1.29 is 4.79 Å². The Morgan fingerprint density at radius 3 is 2.61 bits per heavy atom. The zero-order valence-electron chi connectivity index (χ0n) is 12.3.